The average Bonchev–Trinajstić information content (AvgIpc) is 2.04. The fourth-order valence-electron chi connectivity index (χ4n) is 1.05. The number of nitrogens with two attached hydrogens (primary N) is 1. The minimum Gasteiger partial charge on any atom is -0.228 e. The highest BCUT2D eigenvalue weighted by Crippen LogP contribution is 2.17. The molecule has 1 aromatic carbocycles. The average molecular weight is 221 g/mol. The van der Waals surface area contributed by atoms with Crippen molar-refractivity contribution in [1.82, 2.24) is 0 Å². The Morgan fingerprint density at radius 2 is 1.93 bits per heavy atom. The molecule has 0 unspecified atom stereocenters. The summed E-state index contributed by atoms with van der Waals surface area (Å²) < 4.78 is 47.6. The Hall–Kier alpha value is -1.01. The molecule has 1 aromatic rings. The number of benzene rings is 1. The van der Waals surface area contributed by atoms with Gasteiger partial charge in [-0.3, -0.25) is 0 Å². The third-order valence-electron chi connectivity index (χ3n) is 1.72. The van der Waals surface area contributed by atoms with Gasteiger partial charge in [-0.2, -0.15) is 0 Å². The third kappa shape index (κ3) is 2.49. The fourth-order valence-corrected chi connectivity index (χ4v) is 1.72. The zero-order chi connectivity index (χ0) is 10.9. The molecule has 14 heavy (non-hydrogen) atoms. The molecule has 0 spiro atoms. The van der Waals surface area contributed by atoms with E-state index in [0.717, 1.165) is 6.07 Å². The summed E-state index contributed by atoms with van der Waals surface area (Å²) in [6, 6.07) is 2.25. The molecule has 2 N–H and O–H groups in total. The second-order valence-electron chi connectivity index (χ2n) is 2.96. The van der Waals surface area contributed by atoms with E-state index in [4.69, 9.17) is 5.14 Å². The molecule has 1 rings (SSSR count). The summed E-state index contributed by atoms with van der Waals surface area (Å²) in [5.41, 5.74) is -0.322. The lowest BCUT2D eigenvalue weighted by atomic mass is 10.1. The van der Waals surface area contributed by atoms with E-state index in [9.17, 15) is 17.2 Å². The van der Waals surface area contributed by atoms with E-state index in [-0.39, 0.29) is 5.56 Å². The summed E-state index contributed by atoms with van der Waals surface area (Å²) in [4.78, 5) is 0. The highest BCUT2D eigenvalue weighted by Gasteiger charge is 2.16. The quantitative estimate of drug-likeness (QED) is 0.811. The van der Waals surface area contributed by atoms with Crippen LogP contribution in [-0.4, -0.2) is 8.42 Å². The lowest BCUT2D eigenvalue weighted by Gasteiger charge is -2.05. The molecule has 0 aliphatic rings. The SMILES string of the molecule is Cc1ccc(F)c(CS(N)(=O)=O)c1F. The lowest BCUT2D eigenvalue weighted by Crippen LogP contribution is -2.16. The van der Waals surface area contributed by atoms with E-state index < -0.39 is 33.0 Å². The zero-order valence-electron chi connectivity index (χ0n) is 7.42. The van der Waals surface area contributed by atoms with E-state index in [0.29, 0.717) is 0 Å². The molecule has 0 aliphatic carbocycles. The predicted octanol–water partition coefficient (Wildman–Crippen LogP) is 1.06. The molecular weight excluding hydrogens is 212 g/mol. The van der Waals surface area contributed by atoms with Crippen molar-refractivity contribution in [2.24, 2.45) is 5.14 Å². The van der Waals surface area contributed by atoms with Gasteiger partial charge in [0.1, 0.15) is 11.6 Å². The minimum atomic E-state index is -3.92. The third-order valence-corrected chi connectivity index (χ3v) is 2.42. The van der Waals surface area contributed by atoms with Crippen LogP contribution in [0.1, 0.15) is 11.1 Å². The Morgan fingerprint density at radius 3 is 2.43 bits per heavy atom. The van der Waals surface area contributed by atoms with Crippen LogP contribution in [0.3, 0.4) is 0 Å². The number of hydrogen-bond donors (Lipinski definition) is 1. The van der Waals surface area contributed by atoms with Crippen molar-refractivity contribution in [2.45, 2.75) is 12.7 Å². The Balaban J connectivity index is 3.27. The molecule has 0 saturated heterocycles. The first-order valence-electron chi connectivity index (χ1n) is 3.75. The van der Waals surface area contributed by atoms with Crippen molar-refractivity contribution < 1.29 is 17.2 Å². The van der Waals surface area contributed by atoms with Crippen LogP contribution in [0.5, 0.6) is 0 Å². The van der Waals surface area contributed by atoms with Crippen molar-refractivity contribution in [3.05, 3.63) is 34.9 Å². The van der Waals surface area contributed by atoms with Crippen molar-refractivity contribution in [1.29, 1.82) is 0 Å². The van der Waals surface area contributed by atoms with Crippen molar-refractivity contribution >= 4 is 10.0 Å². The summed E-state index contributed by atoms with van der Waals surface area (Å²) in [7, 11) is -3.92. The van der Waals surface area contributed by atoms with Crippen molar-refractivity contribution in [2.75, 3.05) is 0 Å². The van der Waals surface area contributed by atoms with Gasteiger partial charge in [0.05, 0.1) is 5.75 Å². The predicted molar refractivity (Wildman–Crippen MR) is 47.9 cm³/mol. The van der Waals surface area contributed by atoms with Crippen LogP contribution in [0.4, 0.5) is 8.78 Å². The Bertz CT molecular complexity index is 457. The number of primary sulfonamides is 1. The second-order valence-corrected chi connectivity index (χ2v) is 4.58. The molecule has 0 atom stereocenters. The first-order valence-corrected chi connectivity index (χ1v) is 5.47. The molecule has 0 saturated carbocycles. The number of halogens is 2. The van der Waals surface area contributed by atoms with Gasteiger partial charge in [-0.1, -0.05) is 6.07 Å². The monoisotopic (exact) mass is 221 g/mol. The standard InChI is InChI=1S/C8H9F2NO2S/c1-5-2-3-7(9)6(8(5)10)4-14(11,12)13/h2-3H,4H2,1H3,(H2,11,12,13). The lowest BCUT2D eigenvalue weighted by molar-refractivity contribution is 0.551. The maximum Gasteiger partial charge on any atom is 0.213 e. The van der Waals surface area contributed by atoms with Crippen LogP contribution in [0.25, 0.3) is 0 Å². The molecule has 0 bridgehead atoms. The molecule has 0 aliphatic heterocycles. The molecule has 0 fully saturated rings. The summed E-state index contributed by atoms with van der Waals surface area (Å²) in [5.74, 6) is -2.59. The molecule has 0 aromatic heterocycles. The van der Waals surface area contributed by atoms with E-state index in [1.807, 2.05) is 0 Å². The molecule has 6 heteroatoms. The van der Waals surface area contributed by atoms with Gasteiger partial charge in [0, 0.05) is 5.56 Å². The van der Waals surface area contributed by atoms with Gasteiger partial charge < -0.3 is 0 Å². The zero-order valence-corrected chi connectivity index (χ0v) is 8.24. The summed E-state index contributed by atoms with van der Waals surface area (Å²) in [6.45, 7) is 1.42. The number of aryl methyl sites for hydroxylation is 1. The molecular formula is C8H9F2NO2S. The Kier molecular flexibility index (Phi) is 2.86. The first kappa shape index (κ1) is 11.1. The molecule has 0 heterocycles. The summed E-state index contributed by atoms with van der Waals surface area (Å²) >= 11 is 0. The van der Waals surface area contributed by atoms with Crippen LogP contribution < -0.4 is 5.14 Å². The molecule has 78 valence electrons. The Morgan fingerprint density at radius 1 is 1.36 bits per heavy atom. The van der Waals surface area contributed by atoms with Gasteiger partial charge in [-0.15, -0.1) is 0 Å². The van der Waals surface area contributed by atoms with Crippen LogP contribution in [-0.2, 0) is 15.8 Å². The smallest absolute Gasteiger partial charge is 0.213 e. The van der Waals surface area contributed by atoms with Gasteiger partial charge in [0.2, 0.25) is 10.0 Å². The molecule has 0 amide bonds. The maximum absolute atomic E-state index is 13.2. The highest BCUT2D eigenvalue weighted by molar-refractivity contribution is 7.88. The normalized spacial score (nSPS) is 11.7. The van der Waals surface area contributed by atoms with Gasteiger partial charge in [-0.05, 0) is 18.6 Å². The first-order chi connectivity index (χ1) is 6.31. The minimum absolute atomic E-state index is 0.185. The maximum atomic E-state index is 13.2. The van der Waals surface area contributed by atoms with Crippen molar-refractivity contribution in [3.63, 3.8) is 0 Å². The largest absolute Gasteiger partial charge is 0.228 e. The summed E-state index contributed by atoms with van der Waals surface area (Å²) in [6.07, 6.45) is 0. The van der Waals surface area contributed by atoms with Crippen molar-refractivity contribution in [3.8, 4) is 0 Å². The van der Waals surface area contributed by atoms with Gasteiger partial charge in [0.15, 0.2) is 0 Å². The van der Waals surface area contributed by atoms with Crippen LogP contribution in [0, 0.1) is 18.6 Å². The summed E-state index contributed by atoms with van der Waals surface area (Å²) in [5, 5.41) is 4.69. The van der Waals surface area contributed by atoms with E-state index in [1.165, 1.54) is 13.0 Å². The highest BCUT2D eigenvalue weighted by atomic mass is 32.2. The molecule has 3 nitrogen and oxygen atoms in total. The number of sulfonamides is 1. The van der Waals surface area contributed by atoms with Gasteiger partial charge in [0.25, 0.3) is 0 Å². The fraction of sp³-hybridized carbons (Fsp3) is 0.250. The van der Waals surface area contributed by atoms with Crippen LogP contribution in [0.2, 0.25) is 0 Å². The molecule has 0 radical (unpaired) electrons. The van der Waals surface area contributed by atoms with Gasteiger partial charge in [-0.25, -0.2) is 22.3 Å². The van der Waals surface area contributed by atoms with E-state index in [2.05, 4.69) is 0 Å². The van der Waals surface area contributed by atoms with Gasteiger partial charge >= 0.3 is 0 Å². The van der Waals surface area contributed by atoms with Crippen LogP contribution >= 0.6 is 0 Å². The second kappa shape index (κ2) is 3.62. The van der Waals surface area contributed by atoms with E-state index in [1.54, 1.807) is 0 Å². The number of rotatable bonds is 2. The topological polar surface area (TPSA) is 60.2 Å². The van der Waals surface area contributed by atoms with E-state index >= 15 is 0 Å². The number of hydrogen-bond acceptors (Lipinski definition) is 2. The Labute approximate surface area is 80.6 Å². The van der Waals surface area contributed by atoms with Crippen LogP contribution in [0.15, 0.2) is 12.1 Å².